The molecule has 8 nitrogen and oxygen atoms in total. The first-order chi connectivity index (χ1) is 14.9. The zero-order chi connectivity index (χ0) is 22.4. The lowest BCUT2D eigenvalue weighted by Gasteiger charge is -2.24. The first kappa shape index (κ1) is 22.3. The molecule has 1 heterocycles. The fraction of sp³-hybridized carbons (Fsp3) is 0.391. The molecule has 1 fully saturated rings. The molecule has 0 saturated carbocycles. The van der Waals surface area contributed by atoms with Crippen LogP contribution in [0.4, 0.5) is 5.69 Å². The van der Waals surface area contributed by atoms with E-state index in [0.29, 0.717) is 37.2 Å². The Balaban J connectivity index is 1.64. The maximum absolute atomic E-state index is 13.0. The lowest BCUT2D eigenvalue weighted by atomic mass is 10.1. The van der Waals surface area contributed by atoms with Crippen LogP contribution in [0.25, 0.3) is 0 Å². The van der Waals surface area contributed by atoms with Gasteiger partial charge in [-0.15, -0.1) is 0 Å². The molecule has 0 radical (unpaired) electrons. The predicted octanol–water partition coefficient (Wildman–Crippen LogP) is 3.61. The van der Waals surface area contributed by atoms with Gasteiger partial charge in [0, 0.05) is 30.3 Å². The summed E-state index contributed by atoms with van der Waals surface area (Å²) in [5.74, 6) is 0.273. The normalized spacial score (nSPS) is 15.5. The Morgan fingerprint density at radius 2 is 2.06 bits per heavy atom. The zero-order valence-electron chi connectivity index (χ0n) is 17.8. The molecule has 0 aliphatic carbocycles. The molecule has 1 atom stereocenters. The summed E-state index contributed by atoms with van der Waals surface area (Å²) in [5.41, 5.74) is 1.66. The highest BCUT2D eigenvalue weighted by Gasteiger charge is 2.34. The second-order valence-corrected chi connectivity index (χ2v) is 7.63. The van der Waals surface area contributed by atoms with Gasteiger partial charge in [-0.1, -0.05) is 19.1 Å². The molecule has 2 amide bonds. The predicted molar refractivity (Wildman–Crippen MR) is 116 cm³/mol. The zero-order valence-corrected chi connectivity index (χ0v) is 17.8. The summed E-state index contributed by atoms with van der Waals surface area (Å²) in [4.78, 5) is 37.9. The summed E-state index contributed by atoms with van der Waals surface area (Å²) in [6.07, 6.45) is 2.24. The number of nitro groups is 1. The Kier molecular flexibility index (Phi) is 7.23. The number of ether oxygens (including phenoxy) is 1. The Bertz CT molecular complexity index is 975. The summed E-state index contributed by atoms with van der Waals surface area (Å²) < 4.78 is 5.62. The maximum atomic E-state index is 13.0. The van der Waals surface area contributed by atoms with E-state index in [9.17, 15) is 19.7 Å². The molecule has 0 spiro atoms. The Labute approximate surface area is 181 Å². The summed E-state index contributed by atoms with van der Waals surface area (Å²) >= 11 is 0. The van der Waals surface area contributed by atoms with Gasteiger partial charge in [-0.3, -0.25) is 19.7 Å². The van der Waals surface area contributed by atoms with E-state index >= 15 is 0 Å². The van der Waals surface area contributed by atoms with E-state index in [1.165, 1.54) is 18.2 Å². The van der Waals surface area contributed by atoms with Gasteiger partial charge < -0.3 is 15.0 Å². The average molecular weight is 425 g/mol. The first-order valence-electron chi connectivity index (χ1n) is 10.5. The number of rotatable bonds is 8. The van der Waals surface area contributed by atoms with Crippen LogP contribution in [0.1, 0.15) is 47.7 Å². The van der Waals surface area contributed by atoms with Crippen molar-refractivity contribution in [1.29, 1.82) is 0 Å². The van der Waals surface area contributed by atoms with Crippen molar-refractivity contribution in [1.82, 2.24) is 10.2 Å². The molecule has 8 heteroatoms. The topological polar surface area (TPSA) is 102 Å². The summed E-state index contributed by atoms with van der Waals surface area (Å²) in [6, 6.07) is 11.3. The van der Waals surface area contributed by atoms with Crippen molar-refractivity contribution >= 4 is 17.5 Å². The van der Waals surface area contributed by atoms with Gasteiger partial charge in [0.25, 0.3) is 11.6 Å². The van der Waals surface area contributed by atoms with Gasteiger partial charge in [0.15, 0.2) is 0 Å². The highest BCUT2D eigenvalue weighted by Crippen LogP contribution is 2.24. The van der Waals surface area contributed by atoms with E-state index < -0.39 is 11.0 Å². The van der Waals surface area contributed by atoms with Gasteiger partial charge in [0.1, 0.15) is 11.8 Å². The molecule has 31 heavy (non-hydrogen) atoms. The maximum Gasteiger partial charge on any atom is 0.272 e. The molecule has 0 bridgehead atoms. The average Bonchev–Trinajstić information content (AvgIpc) is 3.25. The third kappa shape index (κ3) is 5.39. The molecular weight excluding hydrogens is 398 g/mol. The number of carbonyl (C=O) groups excluding carboxylic acids is 2. The van der Waals surface area contributed by atoms with Crippen molar-refractivity contribution in [3.8, 4) is 5.75 Å². The number of hydrogen-bond acceptors (Lipinski definition) is 5. The third-order valence-electron chi connectivity index (χ3n) is 5.29. The standard InChI is InChI=1S/C23H27N3O5/c1-3-12-31-19-7-4-6-17(14-19)15-24-22(27)21-8-5-11-25(21)23(28)18-9-10-20(26(29)30)16(2)13-18/h4,6-7,9-10,13-14,21H,3,5,8,11-12,15H2,1-2H3,(H,24,27). The summed E-state index contributed by atoms with van der Waals surface area (Å²) in [6.45, 7) is 5.10. The smallest absolute Gasteiger partial charge is 0.272 e. The van der Waals surface area contributed by atoms with Crippen LogP contribution in [-0.4, -0.2) is 40.8 Å². The number of amides is 2. The monoisotopic (exact) mass is 425 g/mol. The first-order valence-corrected chi connectivity index (χ1v) is 10.5. The molecule has 1 aliphatic rings. The Hall–Kier alpha value is -3.42. The summed E-state index contributed by atoms with van der Waals surface area (Å²) in [5, 5.41) is 13.9. The van der Waals surface area contributed by atoms with E-state index in [-0.39, 0.29) is 17.5 Å². The van der Waals surface area contributed by atoms with Crippen LogP contribution in [0.2, 0.25) is 0 Å². The second-order valence-electron chi connectivity index (χ2n) is 7.63. The number of nitrogens with zero attached hydrogens (tertiary/aromatic N) is 2. The molecule has 164 valence electrons. The van der Waals surface area contributed by atoms with E-state index in [4.69, 9.17) is 4.74 Å². The van der Waals surface area contributed by atoms with Crippen molar-refractivity contribution in [3.63, 3.8) is 0 Å². The van der Waals surface area contributed by atoms with Gasteiger partial charge in [0.05, 0.1) is 11.5 Å². The Morgan fingerprint density at radius 3 is 2.77 bits per heavy atom. The van der Waals surface area contributed by atoms with Crippen LogP contribution in [0, 0.1) is 17.0 Å². The van der Waals surface area contributed by atoms with Crippen LogP contribution in [0.5, 0.6) is 5.75 Å². The van der Waals surface area contributed by atoms with E-state index in [2.05, 4.69) is 5.32 Å². The van der Waals surface area contributed by atoms with Gasteiger partial charge >= 0.3 is 0 Å². The van der Waals surface area contributed by atoms with Gasteiger partial charge in [0.2, 0.25) is 5.91 Å². The number of carbonyl (C=O) groups is 2. The molecule has 1 N–H and O–H groups in total. The Morgan fingerprint density at radius 1 is 1.26 bits per heavy atom. The van der Waals surface area contributed by atoms with Crippen molar-refractivity contribution in [2.75, 3.05) is 13.2 Å². The quantitative estimate of drug-likeness (QED) is 0.514. The minimum atomic E-state index is -0.553. The van der Waals surface area contributed by atoms with Crippen LogP contribution >= 0.6 is 0 Å². The number of nitrogens with one attached hydrogen (secondary N) is 1. The number of hydrogen-bond donors (Lipinski definition) is 1. The lowest BCUT2D eigenvalue weighted by Crippen LogP contribution is -2.45. The number of nitro benzene ring substituents is 1. The number of benzene rings is 2. The molecule has 0 aromatic heterocycles. The fourth-order valence-corrected chi connectivity index (χ4v) is 3.71. The minimum Gasteiger partial charge on any atom is -0.494 e. The van der Waals surface area contributed by atoms with Crippen LogP contribution in [0.3, 0.4) is 0 Å². The number of aryl methyl sites for hydroxylation is 1. The minimum absolute atomic E-state index is 0.0302. The molecule has 2 aromatic carbocycles. The lowest BCUT2D eigenvalue weighted by molar-refractivity contribution is -0.385. The molecule has 1 aliphatic heterocycles. The van der Waals surface area contributed by atoms with E-state index in [1.807, 2.05) is 31.2 Å². The summed E-state index contributed by atoms with van der Waals surface area (Å²) in [7, 11) is 0. The highest BCUT2D eigenvalue weighted by atomic mass is 16.6. The highest BCUT2D eigenvalue weighted by molar-refractivity contribution is 5.98. The van der Waals surface area contributed by atoms with Crippen molar-refractivity contribution < 1.29 is 19.2 Å². The second kappa shape index (κ2) is 10.1. The van der Waals surface area contributed by atoms with Gasteiger partial charge in [-0.05, 0) is 56.0 Å². The molecule has 1 unspecified atom stereocenters. The SMILES string of the molecule is CCCOc1cccc(CNC(=O)C2CCCN2C(=O)c2ccc([N+](=O)[O-])c(C)c2)c1. The van der Waals surface area contributed by atoms with Crippen LogP contribution < -0.4 is 10.1 Å². The molecule has 2 aromatic rings. The van der Waals surface area contributed by atoms with Crippen molar-refractivity contribution in [2.24, 2.45) is 0 Å². The fourth-order valence-electron chi connectivity index (χ4n) is 3.71. The van der Waals surface area contributed by atoms with E-state index in [0.717, 1.165) is 24.2 Å². The molecule has 3 rings (SSSR count). The molecular formula is C23H27N3O5. The van der Waals surface area contributed by atoms with Crippen LogP contribution in [0.15, 0.2) is 42.5 Å². The van der Waals surface area contributed by atoms with Gasteiger partial charge in [-0.2, -0.15) is 0 Å². The number of likely N-dealkylation sites (tertiary alicyclic amines) is 1. The third-order valence-corrected chi connectivity index (χ3v) is 5.29. The van der Waals surface area contributed by atoms with Gasteiger partial charge in [-0.25, -0.2) is 0 Å². The largest absolute Gasteiger partial charge is 0.494 e. The van der Waals surface area contributed by atoms with Crippen molar-refractivity contribution in [3.05, 3.63) is 69.3 Å². The van der Waals surface area contributed by atoms with Crippen molar-refractivity contribution in [2.45, 2.75) is 45.7 Å². The van der Waals surface area contributed by atoms with E-state index in [1.54, 1.807) is 11.8 Å². The van der Waals surface area contributed by atoms with Crippen LogP contribution in [-0.2, 0) is 11.3 Å². The molecule has 1 saturated heterocycles.